The summed E-state index contributed by atoms with van der Waals surface area (Å²) < 4.78 is 5.01. The number of nitrogens with zero attached hydrogens (tertiary/aromatic N) is 4. The molecule has 2 aromatic rings. The number of hydrogen-bond acceptors (Lipinski definition) is 7. The molecule has 0 bridgehead atoms. The first-order valence-corrected chi connectivity index (χ1v) is 15.6. The van der Waals surface area contributed by atoms with Crippen molar-refractivity contribution in [2.75, 3.05) is 12.7 Å². The number of fused-ring (bicyclic) bond motifs is 2. The quantitative estimate of drug-likeness (QED) is 0.123. The minimum Gasteiger partial charge on any atom is -0.366 e. The maximum atomic E-state index is 10.5. The highest BCUT2D eigenvalue weighted by Crippen LogP contribution is 2.33. The average molecular weight is 560 g/mol. The maximum Gasteiger partial charge on any atom is 0.306 e. The Kier molecular flexibility index (Phi) is 10.8. The molecule has 0 aliphatic heterocycles. The molecule has 0 unspecified atom stereocenters. The van der Waals surface area contributed by atoms with Gasteiger partial charge in [0.1, 0.15) is 28.5 Å². The van der Waals surface area contributed by atoms with Crippen molar-refractivity contribution in [1.29, 1.82) is 0 Å². The number of aromatic nitrogens is 2. The van der Waals surface area contributed by atoms with Crippen LogP contribution in [-0.2, 0) is 17.6 Å². The molecule has 2 heterocycles. The monoisotopic (exact) mass is 558 g/mol. The van der Waals surface area contributed by atoms with Crippen molar-refractivity contribution in [1.82, 2.24) is 9.97 Å². The lowest BCUT2D eigenvalue weighted by Crippen LogP contribution is -2.21. The van der Waals surface area contributed by atoms with E-state index in [1.165, 1.54) is 18.4 Å². The van der Waals surface area contributed by atoms with Gasteiger partial charge in [0.25, 0.3) is 0 Å². The van der Waals surface area contributed by atoms with Crippen LogP contribution >= 0.6 is 34.8 Å². The second-order valence-corrected chi connectivity index (χ2v) is 15.3. The van der Waals surface area contributed by atoms with E-state index in [1.54, 1.807) is 12.2 Å². The van der Waals surface area contributed by atoms with Crippen LogP contribution in [0.2, 0.25) is 35.7 Å². The van der Waals surface area contributed by atoms with Gasteiger partial charge in [-0.25, -0.2) is 0 Å². The number of nitro groups is 2. The van der Waals surface area contributed by atoms with Gasteiger partial charge in [-0.3, -0.25) is 30.2 Å². The highest BCUT2D eigenvalue weighted by Gasteiger charge is 2.21. The molecular formula is C22H25Cl3N4O5Si. The predicted octanol–water partition coefficient (Wildman–Crippen LogP) is 6.96. The van der Waals surface area contributed by atoms with Gasteiger partial charge < -0.3 is 4.74 Å². The van der Waals surface area contributed by atoms with E-state index in [0.717, 1.165) is 18.0 Å². The van der Waals surface area contributed by atoms with Crippen LogP contribution in [0.1, 0.15) is 22.5 Å². The standard InChI is InChI=1S/2C8H5ClN2O2.C6H15ClOSi/c2*9-8-5-2-1-3-6(5)10-4-7(8)11(12)13;1-9(2,3)5-4-8-6-7/h2*1-2,4H,3H2;4-6H2,1-3H3. The summed E-state index contributed by atoms with van der Waals surface area (Å²) in [7, 11) is -0.878. The van der Waals surface area contributed by atoms with Crippen LogP contribution in [0.4, 0.5) is 11.4 Å². The van der Waals surface area contributed by atoms with E-state index in [2.05, 4.69) is 29.6 Å². The minimum atomic E-state index is -0.878. The molecule has 0 amide bonds. The predicted molar refractivity (Wildman–Crippen MR) is 142 cm³/mol. The van der Waals surface area contributed by atoms with Gasteiger partial charge in [0, 0.05) is 38.6 Å². The fraction of sp³-hybridized carbons (Fsp3) is 0.364. The number of halogens is 3. The Morgan fingerprint density at radius 3 is 1.69 bits per heavy atom. The fourth-order valence-electron chi connectivity index (χ4n) is 2.99. The van der Waals surface area contributed by atoms with Crippen molar-refractivity contribution < 1.29 is 14.6 Å². The number of pyridine rings is 2. The van der Waals surface area contributed by atoms with Crippen molar-refractivity contribution in [3.8, 4) is 0 Å². The zero-order valence-corrected chi connectivity index (χ0v) is 22.7. The summed E-state index contributed by atoms with van der Waals surface area (Å²) in [5, 5.41) is 21.3. The summed E-state index contributed by atoms with van der Waals surface area (Å²) in [5.41, 5.74) is 2.69. The van der Waals surface area contributed by atoms with Crippen LogP contribution in [0.5, 0.6) is 0 Å². The van der Waals surface area contributed by atoms with Crippen molar-refractivity contribution in [2.24, 2.45) is 0 Å². The first-order valence-electron chi connectivity index (χ1n) is 10.6. The lowest BCUT2D eigenvalue weighted by molar-refractivity contribution is -0.385. The Bertz CT molecular complexity index is 1070. The molecule has 2 aliphatic rings. The Hall–Kier alpha value is -2.37. The molecule has 2 aliphatic carbocycles. The number of allylic oxidation sites excluding steroid dienone is 2. The highest BCUT2D eigenvalue weighted by molar-refractivity contribution is 6.76. The van der Waals surface area contributed by atoms with Crippen LogP contribution in [0.15, 0.2) is 24.5 Å². The van der Waals surface area contributed by atoms with Gasteiger partial charge in [0.15, 0.2) is 0 Å². The number of ether oxygens (including phenoxy) is 1. The smallest absolute Gasteiger partial charge is 0.306 e. The third-order valence-corrected chi connectivity index (χ3v) is 7.54. The van der Waals surface area contributed by atoms with E-state index >= 15 is 0 Å². The van der Waals surface area contributed by atoms with Crippen molar-refractivity contribution in [2.45, 2.75) is 38.5 Å². The molecule has 0 N–H and O–H groups in total. The molecule has 35 heavy (non-hydrogen) atoms. The summed E-state index contributed by atoms with van der Waals surface area (Å²) in [6, 6.07) is 1.55. The molecular weight excluding hydrogens is 535 g/mol. The van der Waals surface area contributed by atoms with Crippen molar-refractivity contribution >= 4 is 66.4 Å². The number of alkyl halides is 1. The highest BCUT2D eigenvalue weighted by atomic mass is 35.5. The van der Waals surface area contributed by atoms with Crippen LogP contribution < -0.4 is 0 Å². The Labute approximate surface area is 219 Å². The number of hydrogen-bond donors (Lipinski definition) is 0. The zero-order chi connectivity index (χ0) is 26.2. The van der Waals surface area contributed by atoms with E-state index < -0.39 is 17.9 Å². The number of rotatable bonds is 6. The Morgan fingerprint density at radius 2 is 1.34 bits per heavy atom. The van der Waals surface area contributed by atoms with E-state index in [4.69, 9.17) is 39.5 Å². The normalized spacial score (nSPS) is 12.7. The lowest BCUT2D eigenvalue weighted by atomic mass is 10.2. The Morgan fingerprint density at radius 1 is 0.914 bits per heavy atom. The minimum absolute atomic E-state index is 0.132. The summed E-state index contributed by atoms with van der Waals surface area (Å²) in [6.45, 7) is 7.80. The van der Waals surface area contributed by atoms with E-state index in [0.29, 0.717) is 30.0 Å². The molecule has 188 valence electrons. The maximum absolute atomic E-state index is 10.5. The van der Waals surface area contributed by atoms with Crippen LogP contribution in [0.25, 0.3) is 12.2 Å². The average Bonchev–Trinajstić information content (AvgIpc) is 3.44. The van der Waals surface area contributed by atoms with Crippen LogP contribution in [-0.4, -0.2) is 40.6 Å². The second kappa shape index (κ2) is 13.1. The van der Waals surface area contributed by atoms with Gasteiger partial charge in [-0.1, -0.05) is 78.7 Å². The fourth-order valence-corrected chi connectivity index (χ4v) is 4.43. The topological polar surface area (TPSA) is 121 Å². The summed E-state index contributed by atoms with van der Waals surface area (Å²) in [6.07, 6.45) is 11.1. The molecule has 2 aromatic heterocycles. The van der Waals surface area contributed by atoms with Crippen molar-refractivity contribution in [3.63, 3.8) is 0 Å². The Balaban J connectivity index is 0.000000190. The molecule has 0 saturated carbocycles. The SMILES string of the molecule is C[Si](C)(C)CCOCCl.O=[N+]([O-])c1cnc2c(c1Cl)C=CC2.O=[N+]([O-])c1cnc2c(c1Cl)C=CC2. The van der Waals surface area contributed by atoms with Gasteiger partial charge in [0.2, 0.25) is 0 Å². The van der Waals surface area contributed by atoms with Crippen LogP contribution in [0, 0.1) is 20.2 Å². The van der Waals surface area contributed by atoms with Gasteiger partial charge in [0.05, 0.1) is 21.2 Å². The van der Waals surface area contributed by atoms with Gasteiger partial charge in [-0.15, -0.1) is 0 Å². The molecule has 13 heteroatoms. The van der Waals surface area contributed by atoms with Gasteiger partial charge in [-0.2, -0.15) is 0 Å². The first kappa shape index (κ1) is 28.9. The van der Waals surface area contributed by atoms with Crippen molar-refractivity contribution in [3.05, 3.63) is 77.3 Å². The van der Waals surface area contributed by atoms with E-state index in [-0.39, 0.29) is 21.4 Å². The lowest BCUT2D eigenvalue weighted by Gasteiger charge is -2.14. The first-order chi connectivity index (χ1) is 16.5. The summed E-state index contributed by atoms with van der Waals surface area (Å²) >= 11 is 17.0. The molecule has 9 nitrogen and oxygen atoms in total. The zero-order valence-electron chi connectivity index (χ0n) is 19.5. The van der Waals surface area contributed by atoms with Crippen LogP contribution in [0.3, 0.4) is 0 Å². The molecule has 0 spiro atoms. The largest absolute Gasteiger partial charge is 0.366 e. The molecule has 0 radical (unpaired) electrons. The summed E-state index contributed by atoms with van der Waals surface area (Å²) in [4.78, 5) is 27.8. The second-order valence-electron chi connectivity index (χ2n) is 8.69. The summed E-state index contributed by atoms with van der Waals surface area (Å²) in [5.74, 6) is 0. The molecule has 0 fully saturated rings. The molecule has 0 saturated heterocycles. The molecule has 0 atom stereocenters. The van der Waals surface area contributed by atoms with Gasteiger partial charge in [-0.05, 0) is 6.04 Å². The van der Waals surface area contributed by atoms with E-state index in [9.17, 15) is 20.2 Å². The van der Waals surface area contributed by atoms with E-state index in [1.807, 2.05) is 12.2 Å². The molecule has 0 aromatic carbocycles. The van der Waals surface area contributed by atoms with Gasteiger partial charge >= 0.3 is 11.4 Å². The third-order valence-electron chi connectivity index (χ3n) is 4.89. The molecule has 4 rings (SSSR count). The third kappa shape index (κ3) is 8.36.